The van der Waals surface area contributed by atoms with Gasteiger partial charge < -0.3 is 14.3 Å². The molecule has 2 unspecified atom stereocenters. The predicted octanol–water partition coefficient (Wildman–Crippen LogP) is 4.96. The summed E-state index contributed by atoms with van der Waals surface area (Å²) >= 11 is 0. The van der Waals surface area contributed by atoms with Crippen LogP contribution in [0.3, 0.4) is 0 Å². The smallest absolute Gasteiger partial charge is 0.158 e. The van der Waals surface area contributed by atoms with E-state index in [1.165, 1.54) is 17.6 Å². The SMILES string of the molecule is CCC(C=C(C)CCC=C(C)CCC=O)OC1CCCCO1. The van der Waals surface area contributed by atoms with Crippen LogP contribution in [0.15, 0.2) is 23.3 Å². The van der Waals surface area contributed by atoms with Gasteiger partial charge in [-0.25, -0.2) is 0 Å². The van der Waals surface area contributed by atoms with E-state index >= 15 is 0 Å². The van der Waals surface area contributed by atoms with E-state index in [0.29, 0.717) is 6.42 Å². The van der Waals surface area contributed by atoms with Gasteiger partial charge in [0.25, 0.3) is 0 Å². The maximum absolute atomic E-state index is 10.3. The number of ether oxygens (including phenoxy) is 2. The highest BCUT2D eigenvalue weighted by Crippen LogP contribution is 2.19. The van der Waals surface area contributed by atoms with Crippen molar-refractivity contribution in [2.24, 2.45) is 0 Å². The largest absolute Gasteiger partial charge is 0.353 e. The van der Waals surface area contributed by atoms with Crippen molar-refractivity contribution < 1.29 is 14.3 Å². The second kappa shape index (κ2) is 11.6. The molecule has 3 heteroatoms. The topological polar surface area (TPSA) is 35.5 Å². The Balaban J connectivity index is 2.35. The predicted molar refractivity (Wildman–Crippen MR) is 90.8 cm³/mol. The molecule has 0 aromatic carbocycles. The Morgan fingerprint density at radius 3 is 2.64 bits per heavy atom. The molecular weight excluding hydrogens is 276 g/mol. The van der Waals surface area contributed by atoms with Gasteiger partial charge >= 0.3 is 0 Å². The van der Waals surface area contributed by atoms with Crippen molar-refractivity contribution in [2.45, 2.75) is 84.5 Å². The molecule has 3 nitrogen and oxygen atoms in total. The molecule has 1 heterocycles. The maximum atomic E-state index is 10.3. The molecule has 0 bridgehead atoms. The lowest BCUT2D eigenvalue weighted by molar-refractivity contribution is -0.178. The first-order chi connectivity index (χ1) is 10.7. The number of hydrogen-bond donors (Lipinski definition) is 0. The van der Waals surface area contributed by atoms with Gasteiger partial charge in [-0.05, 0) is 58.8 Å². The first-order valence-electron chi connectivity index (χ1n) is 8.69. The van der Waals surface area contributed by atoms with Crippen LogP contribution in [0, 0.1) is 0 Å². The minimum Gasteiger partial charge on any atom is -0.353 e. The lowest BCUT2D eigenvalue weighted by Crippen LogP contribution is -2.26. The third-order valence-electron chi connectivity index (χ3n) is 4.03. The average Bonchev–Trinajstić information content (AvgIpc) is 2.53. The zero-order valence-electron chi connectivity index (χ0n) is 14.5. The summed E-state index contributed by atoms with van der Waals surface area (Å²) in [7, 11) is 0. The van der Waals surface area contributed by atoms with Gasteiger partial charge in [0, 0.05) is 13.0 Å². The summed E-state index contributed by atoms with van der Waals surface area (Å²) in [5.41, 5.74) is 2.67. The van der Waals surface area contributed by atoms with Gasteiger partial charge in [-0.15, -0.1) is 0 Å². The van der Waals surface area contributed by atoms with E-state index in [1.54, 1.807) is 0 Å². The number of carbonyl (C=O) groups is 1. The molecule has 1 saturated heterocycles. The van der Waals surface area contributed by atoms with Gasteiger partial charge in [-0.1, -0.05) is 30.2 Å². The molecule has 1 rings (SSSR count). The van der Waals surface area contributed by atoms with Crippen LogP contribution < -0.4 is 0 Å². The molecule has 2 atom stereocenters. The maximum Gasteiger partial charge on any atom is 0.158 e. The van der Waals surface area contributed by atoms with Crippen LogP contribution in [0.2, 0.25) is 0 Å². The fraction of sp³-hybridized carbons (Fsp3) is 0.737. The lowest BCUT2D eigenvalue weighted by Gasteiger charge is -2.26. The molecule has 0 radical (unpaired) electrons. The zero-order valence-corrected chi connectivity index (χ0v) is 14.5. The Bertz CT molecular complexity index is 365. The first kappa shape index (κ1) is 19.1. The minimum atomic E-state index is -0.0202. The molecule has 0 aromatic heterocycles. The third-order valence-corrected chi connectivity index (χ3v) is 4.03. The van der Waals surface area contributed by atoms with Gasteiger partial charge in [0.2, 0.25) is 0 Å². The molecule has 0 aliphatic carbocycles. The normalized spacial score (nSPS) is 21.7. The molecule has 0 N–H and O–H groups in total. The van der Waals surface area contributed by atoms with Crippen molar-refractivity contribution in [3.05, 3.63) is 23.3 Å². The summed E-state index contributed by atoms with van der Waals surface area (Å²) in [5.74, 6) is 0. The van der Waals surface area contributed by atoms with Crippen molar-refractivity contribution >= 4 is 6.29 Å². The van der Waals surface area contributed by atoms with Gasteiger partial charge in [0.1, 0.15) is 6.29 Å². The summed E-state index contributed by atoms with van der Waals surface area (Å²) in [6.07, 6.45) is 13.5. The van der Waals surface area contributed by atoms with Crippen LogP contribution in [0.25, 0.3) is 0 Å². The summed E-state index contributed by atoms with van der Waals surface area (Å²) < 4.78 is 11.7. The van der Waals surface area contributed by atoms with E-state index in [-0.39, 0.29) is 12.4 Å². The van der Waals surface area contributed by atoms with E-state index in [4.69, 9.17) is 9.47 Å². The van der Waals surface area contributed by atoms with Gasteiger partial charge in [0.05, 0.1) is 6.10 Å². The zero-order chi connectivity index (χ0) is 16.2. The molecule has 1 aliphatic heterocycles. The van der Waals surface area contributed by atoms with Crippen LogP contribution in [0.5, 0.6) is 0 Å². The van der Waals surface area contributed by atoms with Crippen molar-refractivity contribution in [3.8, 4) is 0 Å². The number of allylic oxidation sites excluding steroid dienone is 3. The lowest BCUT2D eigenvalue weighted by atomic mass is 10.1. The van der Waals surface area contributed by atoms with Crippen LogP contribution in [-0.2, 0) is 14.3 Å². The van der Waals surface area contributed by atoms with Crippen molar-refractivity contribution in [1.82, 2.24) is 0 Å². The molecule has 1 aliphatic rings. The molecule has 0 spiro atoms. The fourth-order valence-electron chi connectivity index (χ4n) is 2.60. The van der Waals surface area contributed by atoms with Crippen LogP contribution >= 0.6 is 0 Å². The number of aldehydes is 1. The summed E-state index contributed by atoms with van der Waals surface area (Å²) in [6, 6.07) is 0. The Labute approximate surface area is 135 Å². The fourth-order valence-corrected chi connectivity index (χ4v) is 2.60. The average molecular weight is 308 g/mol. The van der Waals surface area contributed by atoms with Crippen molar-refractivity contribution in [1.29, 1.82) is 0 Å². The molecule has 0 saturated carbocycles. The second-order valence-corrected chi connectivity index (χ2v) is 6.19. The number of hydrogen-bond acceptors (Lipinski definition) is 3. The van der Waals surface area contributed by atoms with E-state index in [2.05, 4.69) is 32.9 Å². The van der Waals surface area contributed by atoms with Gasteiger partial charge in [0.15, 0.2) is 6.29 Å². The Morgan fingerprint density at radius 2 is 2.00 bits per heavy atom. The Morgan fingerprint density at radius 1 is 1.23 bits per heavy atom. The molecular formula is C19H32O3. The molecule has 126 valence electrons. The number of rotatable bonds is 10. The summed E-state index contributed by atoms with van der Waals surface area (Å²) in [6.45, 7) is 7.25. The number of carbonyl (C=O) groups excluding carboxylic acids is 1. The van der Waals surface area contributed by atoms with Crippen molar-refractivity contribution in [3.63, 3.8) is 0 Å². The van der Waals surface area contributed by atoms with Crippen LogP contribution in [0.1, 0.15) is 72.1 Å². The van der Waals surface area contributed by atoms with Gasteiger partial charge in [-0.3, -0.25) is 0 Å². The first-order valence-corrected chi connectivity index (χ1v) is 8.69. The Kier molecular flexibility index (Phi) is 10.1. The summed E-state index contributed by atoms with van der Waals surface area (Å²) in [5, 5.41) is 0. The monoisotopic (exact) mass is 308 g/mol. The third kappa shape index (κ3) is 8.50. The molecule has 0 amide bonds. The van der Waals surface area contributed by atoms with E-state index in [0.717, 1.165) is 51.4 Å². The highest BCUT2D eigenvalue weighted by atomic mass is 16.7. The highest BCUT2D eigenvalue weighted by Gasteiger charge is 2.17. The van der Waals surface area contributed by atoms with E-state index in [9.17, 15) is 4.79 Å². The summed E-state index contributed by atoms with van der Waals surface area (Å²) in [4.78, 5) is 10.3. The minimum absolute atomic E-state index is 0.0202. The second-order valence-electron chi connectivity index (χ2n) is 6.19. The molecule has 1 fully saturated rings. The van der Waals surface area contributed by atoms with E-state index < -0.39 is 0 Å². The molecule has 0 aromatic rings. The highest BCUT2D eigenvalue weighted by molar-refractivity contribution is 5.49. The van der Waals surface area contributed by atoms with Gasteiger partial charge in [-0.2, -0.15) is 0 Å². The Hall–Kier alpha value is -0.930. The molecule has 22 heavy (non-hydrogen) atoms. The standard InChI is InChI=1S/C19H32O3/c1-4-18(22-19-12-5-6-14-21-19)15-17(3)10-7-9-16(2)11-8-13-20/h9,13,15,18-19H,4-8,10-12,14H2,1-3H3. The van der Waals surface area contributed by atoms with Crippen molar-refractivity contribution in [2.75, 3.05) is 6.61 Å². The van der Waals surface area contributed by atoms with E-state index in [1.807, 2.05) is 0 Å². The quantitative estimate of drug-likeness (QED) is 0.422. The van der Waals surface area contributed by atoms with Crippen LogP contribution in [0.4, 0.5) is 0 Å². The van der Waals surface area contributed by atoms with Crippen LogP contribution in [-0.4, -0.2) is 25.3 Å².